The van der Waals surface area contributed by atoms with E-state index < -0.39 is 23.5 Å². The van der Waals surface area contributed by atoms with E-state index in [2.05, 4.69) is 10.4 Å². The van der Waals surface area contributed by atoms with Gasteiger partial charge in [0.2, 0.25) is 0 Å². The van der Waals surface area contributed by atoms with Gasteiger partial charge in [0.05, 0.1) is 16.6 Å². The topological polar surface area (TPSA) is 145 Å². The van der Waals surface area contributed by atoms with Crippen LogP contribution in [0.15, 0.2) is 15.3 Å². The summed E-state index contributed by atoms with van der Waals surface area (Å²) in [6.07, 6.45) is -0.733. The van der Waals surface area contributed by atoms with E-state index in [1.165, 1.54) is 10.7 Å². The molecule has 12 nitrogen and oxygen atoms in total. The second-order valence-electron chi connectivity index (χ2n) is 8.88. The molecular weight excluding hydrogens is 472 g/mol. The van der Waals surface area contributed by atoms with Crippen LogP contribution >= 0.6 is 11.6 Å². The second kappa shape index (κ2) is 9.09. The predicted molar refractivity (Wildman–Crippen MR) is 120 cm³/mol. The number of carbonyl (C=O) groups is 2. The van der Waals surface area contributed by atoms with Gasteiger partial charge in [-0.2, -0.15) is 4.68 Å². The smallest absolute Gasteiger partial charge is 0.437 e. The Morgan fingerprint density at radius 1 is 1.21 bits per heavy atom. The highest BCUT2D eigenvalue weighted by atomic mass is 35.5. The summed E-state index contributed by atoms with van der Waals surface area (Å²) in [5, 5.41) is 15.7. The lowest BCUT2D eigenvalue weighted by Gasteiger charge is -2.32. The molecule has 1 fully saturated rings. The summed E-state index contributed by atoms with van der Waals surface area (Å²) in [6, 6.07) is 1.13. The predicted octanol–water partition coefficient (Wildman–Crippen LogP) is 3.59. The summed E-state index contributed by atoms with van der Waals surface area (Å²) < 4.78 is 23.3. The number of piperidine rings is 1. The molecule has 0 saturated carbocycles. The molecule has 0 aliphatic carbocycles. The number of nitrogens with zero attached hydrogens (tertiary/aromatic N) is 3. The van der Waals surface area contributed by atoms with E-state index in [9.17, 15) is 14.4 Å². The number of anilines is 1. The van der Waals surface area contributed by atoms with Crippen LogP contribution in [0.4, 0.5) is 15.3 Å². The standard InChI is InChI=1S/C21H25ClN4O8/c1-21(2,3)34-19(29)25-6-4-11(5-7-25)26-20(30)33-17(24-26)12-10-13(22)14(23-18(27)28)16-15(12)31-8-9-32-16/h10-11,23H,4-9H2,1-3H3,(H,27,28). The summed E-state index contributed by atoms with van der Waals surface area (Å²) in [7, 11) is 0. The number of fused-ring (bicyclic) bond motifs is 1. The number of rotatable bonds is 3. The molecule has 2 aliphatic heterocycles. The van der Waals surface area contributed by atoms with E-state index in [1.807, 2.05) is 0 Å². The van der Waals surface area contributed by atoms with Gasteiger partial charge < -0.3 is 28.6 Å². The average Bonchev–Trinajstić information content (AvgIpc) is 3.15. The number of hydrogen-bond donors (Lipinski definition) is 2. The molecule has 1 aromatic carbocycles. The molecule has 13 heteroatoms. The number of carboxylic acid groups (broad SMARTS) is 1. The Hall–Kier alpha value is -3.41. The molecule has 0 unspecified atom stereocenters. The van der Waals surface area contributed by atoms with Crippen molar-refractivity contribution in [3.05, 3.63) is 21.6 Å². The van der Waals surface area contributed by atoms with Crippen LogP contribution in [0, 0.1) is 0 Å². The van der Waals surface area contributed by atoms with Crippen LogP contribution in [0.1, 0.15) is 39.7 Å². The van der Waals surface area contributed by atoms with Gasteiger partial charge in [-0.3, -0.25) is 5.32 Å². The summed E-state index contributed by atoms with van der Waals surface area (Å²) in [4.78, 5) is 37.7. The highest BCUT2D eigenvalue weighted by molar-refractivity contribution is 6.34. The monoisotopic (exact) mass is 496 g/mol. The Morgan fingerprint density at radius 3 is 2.47 bits per heavy atom. The van der Waals surface area contributed by atoms with E-state index in [0.29, 0.717) is 25.9 Å². The number of carbonyl (C=O) groups excluding carboxylic acids is 1. The van der Waals surface area contributed by atoms with Gasteiger partial charge >= 0.3 is 17.9 Å². The maximum absolute atomic E-state index is 12.6. The van der Waals surface area contributed by atoms with Gasteiger partial charge in [0.1, 0.15) is 24.5 Å². The van der Waals surface area contributed by atoms with Gasteiger partial charge in [0, 0.05) is 13.1 Å². The van der Waals surface area contributed by atoms with Gasteiger partial charge in [-0.05, 0) is 39.7 Å². The van der Waals surface area contributed by atoms with Crippen molar-refractivity contribution in [1.29, 1.82) is 0 Å². The number of nitrogens with one attached hydrogen (secondary N) is 1. The molecule has 4 rings (SSSR count). The van der Waals surface area contributed by atoms with E-state index in [0.717, 1.165) is 0 Å². The van der Waals surface area contributed by atoms with E-state index >= 15 is 0 Å². The molecule has 2 amide bonds. The normalized spacial score (nSPS) is 16.3. The van der Waals surface area contributed by atoms with E-state index in [-0.39, 0.29) is 52.9 Å². The van der Waals surface area contributed by atoms with Gasteiger partial charge in [-0.15, -0.1) is 5.10 Å². The lowest BCUT2D eigenvalue weighted by molar-refractivity contribution is 0.0183. The SMILES string of the molecule is CC(C)(C)OC(=O)N1CCC(n2nc(-c3cc(Cl)c(NC(=O)O)c4c3OCCO4)oc2=O)CC1. The largest absolute Gasteiger partial charge is 0.485 e. The zero-order chi connectivity index (χ0) is 24.6. The molecule has 184 valence electrons. The Morgan fingerprint density at radius 2 is 1.85 bits per heavy atom. The molecule has 34 heavy (non-hydrogen) atoms. The zero-order valence-electron chi connectivity index (χ0n) is 18.9. The van der Waals surface area contributed by atoms with Crippen molar-refractivity contribution in [3.63, 3.8) is 0 Å². The third kappa shape index (κ3) is 4.91. The highest BCUT2D eigenvalue weighted by Gasteiger charge is 2.31. The van der Waals surface area contributed by atoms with Crippen molar-refractivity contribution < 1.29 is 33.3 Å². The van der Waals surface area contributed by atoms with Crippen molar-refractivity contribution in [2.45, 2.75) is 45.3 Å². The molecule has 2 aromatic rings. The van der Waals surface area contributed by atoms with Crippen molar-refractivity contribution >= 4 is 29.5 Å². The van der Waals surface area contributed by atoms with Crippen LogP contribution < -0.4 is 20.5 Å². The molecule has 3 heterocycles. The molecule has 0 radical (unpaired) electrons. The zero-order valence-corrected chi connectivity index (χ0v) is 19.7. The Kier molecular flexibility index (Phi) is 6.34. The molecule has 2 N–H and O–H groups in total. The Balaban J connectivity index is 1.58. The van der Waals surface area contributed by atoms with Gasteiger partial charge in [-0.1, -0.05) is 11.6 Å². The van der Waals surface area contributed by atoms with Gasteiger partial charge in [0.25, 0.3) is 5.89 Å². The minimum atomic E-state index is -1.32. The van der Waals surface area contributed by atoms with Crippen molar-refractivity contribution in [2.24, 2.45) is 0 Å². The van der Waals surface area contributed by atoms with Crippen LogP contribution in [-0.2, 0) is 4.74 Å². The molecule has 1 aromatic heterocycles. The third-order valence-corrected chi connectivity index (χ3v) is 5.56. The molecule has 1 saturated heterocycles. The first kappa shape index (κ1) is 23.7. The number of aromatic nitrogens is 2. The highest BCUT2D eigenvalue weighted by Crippen LogP contribution is 2.48. The van der Waals surface area contributed by atoms with Crippen molar-refractivity contribution in [1.82, 2.24) is 14.7 Å². The molecule has 0 spiro atoms. The maximum Gasteiger partial charge on any atom is 0.437 e. The number of benzene rings is 1. The fourth-order valence-electron chi connectivity index (χ4n) is 3.81. The lowest BCUT2D eigenvalue weighted by atomic mass is 10.1. The third-order valence-electron chi connectivity index (χ3n) is 5.26. The fraction of sp³-hybridized carbons (Fsp3) is 0.524. The first-order valence-corrected chi connectivity index (χ1v) is 11.1. The summed E-state index contributed by atoms with van der Waals surface area (Å²) >= 11 is 6.28. The van der Waals surface area contributed by atoms with Crippen molar-refractivity contribution in [3.8, 4) is 23.0 Å². The van der Waals surface area contributed by atoms with Crippen LogP contribution in [0.5, 0.6) is 11.5 Å². The summed E-state index contributed by atoms with van der Waals surface area (Å²) in [6.45, 7) is 6.62. The van der Waals surface area contributed by atoms with E-state index in [1.54, 1.807) is 25.7 Å². The first-order chi connectivity index (χ1) is 16.0. The van der Waals surface area contributed by atoms with Crippen LogP contribution in [0.3, 0.4) is 0 Å². The molecule has 0 atom stereocenters. The maximum atomic E-state index is 12.6. The Bertz CT molecular complexity index is 1160. The summed E-state index contributed by atoms with van der Waals surface area (Å²) in [5.74, 6) is -0.434. The second-order valence-corrected chi connectivity index (χ2v) is 9.29. The number of amides is 2. The van der Waals surface area contributed by atoms with Crippen LogP contribution in [0.2, 0.25) is 5.02 Å². The number of halogens is 1. The number of hydrogen-bond acceptors (Lipinski definition) is 8. The molecular formula is C21H25ClN4O8. The Labute approximate surface area is 199 Å². The summed E-state index contributed by atoms with van der Waals surface area (Å²) in [5.41, 5.74) is -0.297. The van der Waals surface area contributed by atoms with Gasteiger partial charge in [-0.25, -0.2) is 14.4 Å². The molecule has 0 bridgehead atoms. The lowest BCUT2D eigenvalue weighted by Crippen LogP contribution is -2.43. The fourth-order valence-corrected chi connectivity index (χ4v) is 4.05. The van der Waals surface area contributed by atoms with Gasteiger partial charge in [0.15, 0.2) is 11.5 Å². The molecule has 2 aliphatic rings. The van der Waals surface area contributed by atoms with Crippen LogP contribution in [-0.4, -0.2) is 63.9 Å². The van der Waals surface area contributed by atoms with Crippen molar-refractivity contribution in [2.75, 3.05) is 31.6 Å². The quantitative estimate of drug-likeness (QED) is 0.650. The van der Waals surface area contributed by atoms with E-state index in [4.69, 9.17) is 35.3 Å². The van der Waals surface area contributed by atoms with Crippen LogP contribution in [0.25, 0.3) is 11.5 Å². The number of likely N-dealkylation sites (tertiary alicyclic amines) is 1. The first-order valence-electron chi connectivity index (χ1n) is 10.7. The average molecular weight is 497 g/mol. The minimum absolute atomic E-state index is 0.0314. The minimum Gasteiger partial charge on any atom is -0.485 e. The number of ether oxygens (including phenoxy) is 3.